The fourth-order valence-electron chi connectivity index (χ4n) is 1.37. The van der Waals surface area contributed by atoms with Crippen LogP contribution in [0.25, 0.3) is 0 Å². The number of aryl methyl sites for hydroxylation is 2. The molecule has 0 aliphatic rings. The molecule has 0 fully saturated rings. The molecule has 1 rings (SSSR count). The van der Waals surface area contributed by atoms with Crippen LogP contribution in [-0.2, 0) is 6.42 Å². The lowest BCUT2D eigenvalue weighted by Gasteiger charge is -2.05. The molecule has 0 atom stereocenters. The molecule has 0 radical (unpaired) electrons. The van der Waals surface area contributed by atoms with Crippen LogP contribution in [0.2, 0.25) is 0 Å². The molecule has 0 aromatic heterocycles. The van der Waals surface area contributed by atoms with Crippen LogP contribution in [0.1, 0.15) is 24.0 Å². The highest BCUT2D eigenvalue weighted by Crippen LogP contribution is 2.20. The number of thiocarbonyl (C=S) groups is 1. The fraction of sp³-hybridized carbons (Fsp3) is 0.364. The molecule has 3 N–H and O–H groups in total. The van der Waals surface area contributed by atoms with Crippen molar-refractivity contribution in [3.63, 3.8) is 0 Å². The van der Waals surface area contributed by atoms with E-state index in [-0.39, 0.29) is 0 Å². The maximum atomic E-state index is 9.54. The van der Waals surface area contributed by atoms with Gasteiger partial charge in [-0.25, -0.2) is 0 Å². The molecule has 0 saturated carbocycles. The molecule has 0 saturated heterocycles. The predicted octanol–water partition coefficient (Wildman–Crippen LogP) is 2.31. The standard InChI is InChI=1S/C11H15NOS/c1-8-5-6-10(13)9(7-8)3-2-4-11(12)14/h5-7,13H,2-4H2,1H3,(H2,12,14). The molecule has 0 unspecified atom stereocenters. The van der Waals surface area contributed by atoms with Gasteiger partial charge in [-0.1, -0.05) is 29.9 Å². The van der Waals surface area contributed by atoms with Gasteiger partial charge in [0.2, 0.25) is 0 Å². The monoisotopic (exact) mass is 209 g/mol. The zero-order valence-electron chi connectivity index (χ0n) is 8.29. The van der Waals surface area contributed by atoms with Gasteiger partial charge < -0.3 is 10.8 Å². The summed E-state index contributed by atoms with van der Waals surface area (Å²) >= 11 is 4.78. The first kappa shape index (κ1) is 11.0. The minimum atomic E-state index is 0.360. The van der Waals surface area contributed by atoms with E-state index in [1.54, 1.807) is 6.07 Å². The van der Waals surface area contributed by atoms with Gasteiger partial charge in [0.1, 0.15) is 5.75 Å². The Morgan fingerprint density at radius 3 is 2.86 bits per heavy atom. The molecule has 0 bridgehead atoms. The highest BCUT2D eigenvalue weighted by atomic mass is 32.1. The third kappa shape index (κ3) is 3.34. The zero-order valence-corrected chi connectivity index (χ0v) is 9.10. The smallest absolute Gasteiger partial charge is 0.118 e. The highest BCUT2D eigenvalue weighted by molar-refractivity contribution is 7.80. The molecule has 0 heterocycles. The summed E-state index contributed by atoms with van der Waals surface area (Å²) in [4.78, 5) is 0.539. The number of benzene rings is 1. The maximum Gasteiger partial charge on any atom is 0.118 e. The molecule has 2 nitrogen and oxygen atoms in total. The van der Waals surface area contributed by atoms with Crippen molar-refractivity contribution in [1.82, 2.24) is 0 Å². The first-order valence-electron chi connectivity index (χ1n) is 4.66. The van der Waals surface area contributed by atoms with E-state index in [4.69, 9.17) is 18.0 Å². The van der Waals surface area contributed by atoms with E-state index in [2.05, 4.69) is 0 Å². The van der Waals surface area contributed by atoms with E-state index >= 15 is 0 Å². The molecule has 76 valence electrons. The predicted molar refractivity (Wildman–Crippen MR) is 62.6 cm³/mol. The van der Waals surface area contributed by atoms with E-state index in [0.717, 1.165) is 30.4 Å². The van der Waals surface area contributed by atoms with Crippen LogP contribution in [0, 0.1) is 6.92 Å². The van der Waals surface area contributed by atoms with Crippen molar-refractivity contribution in [2.75, 3.05) is 0 Å². The van der Waals surface area contributed by atoms with Crippen LogP contribution < -0.4 is 5.73 Å². The maximum absolute atomic E-state index is 9.54. The Morgan fingerprint density at radius 1 is 1.50 bits per heavy atom. The van der Waals surface area contributed by atoms with Gasteiger partial charge in [-0.3, -0.25) is 0 Å². The normalized spacial score (nSPS) is 10.1. The van der Waals surface area contributed by atoms with Gasteiger partial charge in [-0.15, -0.1) is 0 Å². The lowest BCUT2D eigenvalue weighted by molar-refractivity contribution is 0.467. The van der Waals surface area contributed by atoms with E-state index in [1.807, 2.05) is 19.1 Å². The largest absolute Gasteiger partial charge is 0.508 e. The molecule has 3 heteroatoms. The van der Waals surface area contributed by atoms with Crippen LogP contribution >= 0.6 is 12.2 Å². The van der Waals surface area contributed by atoms with Crippen molar-refractivity contribution in [2.45, 2.75) is 26.2 Å². The van der Waals surface area contributed by atoms with E-state index in [9.17, 15) is 5.11 Å². The summed E-state index contributed by atoms with van der Waals surface area (Å²) in [5, 5.41) is 9.54. The van der Waals surface area contributed by atoms with Crippen LogP contribution in [0.15, 0.2) is 18.2 Å². The third-order valence-electron chi connectivity index (χ3n) is 2.10. The Labute approximate surface area is 89.7 Å². The van der Waals surface area contributed by atoms with Crippen molar-refractivity contribution >= 4 is 17.2 Å². The SMILES string of the molecule is Cc1ccc(O)c(CCCC(N)=S)c1. The van der Waals surface area contributed by atoms with Crippen molar-refractivity contribution < 1.29 is 5.11 Å². The molecule has 1 aromatic carbocycles. The van der Waals surface area contributed by atoms with E-state index < -0.39 is 0 Å². The van der Waals surface area contributed by atoms with Gasteiger partial charge in [-0.2, -0.15) is 0 Å². The molecule has 14 heavy (non-hydrogen) atoms. The minimum Gasteiger partial charge on any atom is -0.508 e. The second kappa shape index (κ2) is 4.96. The second-order valence-corrected chi connectivity index (χ2v) is 3.98. The van der Waals surface area contributed by atoms with Gasteiger partial charge in [0.25, 0.3) is 0 Å². The van der Waals surface area contributed by atoms with Gasteiger partial charge in [0.05, 0.1) is 4.99 Å². The van der Waals surface area contributed by atoms with Crippen LogP contribution in [0.4, 0.5) is 0 Å². The number of rotatable bonds is 4. The molecular weight excluding hydrogens is 194 g/mol. The van der Waals surface area contributed by atoms with Gasteiger partial charge in [-0.05, 0) is 37.8 Å². The highest BCUT2D eigenvalue weighted by Gasteiger charge is 2.01. The fourth-order valence-corrected chi connectivity index (χ4v) is 1.51. The summed E-state index contributed by atoms with van der Waals surface area (Å²) < 4.78 is 0. The van der Waals surface area contributed by atoms with Gasteiger partial charge in [0, 0.05) is 0 Å². The molecule has 0 amide bonds. The topological polar surface area (TPSA) is 46.2 Å². The summed E-state index contributed by atoms with van der Waals surface area (Å²) in [6, 6.07) is 5.62. The van der Waals surface area contributed by atoms with E-state index in [1.165, 1.54) is 0 Å². The third-order valence-corrected chi connectivity index (χ3v) is 2.31. The number of hydrogen-bond acceptors (Lipinski definition) is 2. The molecule has 1 aromatic rings. The van der Waals surface area contributed by atoms with Crippen molar-refractivity contribution in [3.8, 4) is 5.75 Å². The molecule has 0 aliphatic carbocycles. The lowest BCUT2D eigenvalue weighted by Crippen LogP contribution is -2.07. The number of nitrogens with two attached hydrogens (primary N) is 1. The van der Waals surface area contributed by atoms with Crippen LogP contribution in [-0.4, -0.2) is 10.1 Å². The summed E-state index contributed by atoms with van der Waals surface area (Å²) in [6.45, 7) is 2.01. The summed E-state index contributed by atoms with van der Waals surface area (Å²) in [5.41, 5.74) is 7.53. The number of hydrogen-bond donors (Lipinski definition) is 2. The Bertz CT molecular complexity index is 336. The Balaban J connectivity index is 2.57. The Hall–Kier alpha value is -1.09. The average molecular weight is 209 g/mol. The molecule has 0 aliphatic heterocycles. The zero-order chi connectivity index (χ0) is 10.6. The summed E-state index contributed by atoms with van der Waals surface area (Å²) in [7, 11) is 0. The van der Waals surface area contributed by atoms with Crippen molar-refractivity contribution in [3.05, 3.63) is 29.3 Å². The average Bonchev–Trinajstić information content (AvgIpc) is 2.10. The van der Waals surface area contributed by atoms with Crippen molar-refractivity contribution in [1.29, 1.82) is 0 Å². The minimum absolute atomic E-state index is 0.360. The first-order chi connectivity index (χ1) is 6.59. The van der Waals surface area contributed by atoms with E-state index in [0.29, 0.717) is 10.7 Å². The summed E-state index contributed by atoms with van der Waals surface area (Å²) in [5.74, 6) is 0.360. The Morgan fingerprint density at radius 2 is 2.21 bits per heavy atom. The van der Waals surface area contributed by atoms with Crippen LogP contribution in [0.3, 0.4) is 0 Å². The van der Waals surface area contributed by atoms with Crippen molar-refractivity contribution in [2.24, 2.45) is 5.73 Å². The van der Waals surface area contributed by atoms with Gasteiger partial charge in [0.15, 0.2) is 0 Å². The number of aromatic hydroxyl groups is 1. The van der Waals surface area contributed by atoms with Crippen LogP contribution in [0.5, 0.6) is 5.75 Å². The number of phenols is 1. The number of phenolic OH excluding ortho intramolecular Hbond substituents is 1. The summed E-state index contributed by atoms with van der Waals surface area (Å²) in [6.07, 6.45) is 2.46. The lowest BCUT2D eigenvalue weighted by atomic mass is 10.0. The Kier molecular flexibility index (Phi) is 3.89. The first-order valence-corrected chi connectivity index (χ1v) is 5.07. The van der Waals surface area contributed by atoms with Gasteiger partial charge >= 0.3 is 0 Å². The second-order valence-electron chi connectivity index (χ2n) is 3.45. The quantitative estimate of drug-likeness (QED) is 0.748. The molecule has 0 spiro atoms. The molecular formula is C11H15NOS.